The number of ether oxygens (including phenoxy) is 1. The van der Waals surface area contributed by atoms with Gasteiger partial charge in [-0.1, -0.05) is 110 Å². The molecule has 1 atom stereocenters. The van der Waals surface area contributed by atoms with Crippen molar-refractivity contribution in [2.45, 2.75) is 86.5 Å². The van der Waals surface area contributed by atoms with Crippen molar-refractivity contribution in [2.75, 3.05) is 31.2 Å². The Labute approximate surface area is 251 Å². The molecule has 42 heavy (non-hydrogen) atoms. The first kappa shape index (κ1) is 33.0. The van der Waals surface area contributed by atoms with Gasteiger partial charge in [0.25, 0.3) is 5.95 Å². The number of hydrogen-bond acceptors (Lipinski definition) is 7. The maximum absolute atomic E-state index is 12.2. The molecule has 1 aliphatic rings. The molecule has 0 spiro atoms. The summed E-state index contributed by atoms with van der Waals surface area (Å²) in [4.78, 5) is 23.7. The summed E-state index contributed by atoms with van der Waals surface area (Å²) in [7, 11) is 0. The fraction of sp³-hybridized carbons (Fsp3) is 0.529. The van der Waals surface area contributed by atoms with Crippen LogP contribution in [0, 0.1) is 5.92 Å². The smallest absolute Gasteiger partial charge is 0.253 e. The van der Waals surface area contributed by atoms with Gasteiger partial charge in [0.2, 0.25) is 0 Å². The number of hydrogen-bond donors (Lipinski definition) is 0. The van der Waals surface area contributed by atoms with Crippen molar-refractivity contribution in [2.24, 2.45) is 5.92 Å². The largest absolute Gasteiger partial charge is 0.447 e. The number of carbonyl (C=O) groups is 1. The van der Waals surface area contributed by atoms with Gasteiger partial charge >= 0.3 is 0 Å². The van der Waals surface area contributed by atoms with Crippen molar-refractivity contribution >= 4 is 22.7 Å². The van der Waals surface area contributed by atoms with Crippen LogP contribution in [0.15, 0.2) is 53.2 Å². The van der Waals surface area contributed by atoms with E-state index >= 15 is 0 Å². The topological polar surface area (TPSA) is 86.3 Å². The van der Waals surface area contributed by atoms with Crippen molar-refractivity contribution < 1.29 is 13.9 Å². The molecular weight excluding hydrogens is 526 g/mol. The van der Waals surface area contributed by atoms with Gasteiger partial charge in [0.05, 0.1) is 19.4 Å². The van der Waals surface area contributed by atoms with Crippen LogP contribution >= 0.6 is 0 Å². The van der Waals surface area contributed by atoms with Crippen molar-refractivity contribution in [1.29, 1.82) is 0 Å². The SMILES string of the molecule is CC.CCC(=O)c1cc2nc(-n3cc(-c4ccccc4)cn3)nc(N3CCOCC3)c2o1.CCCCCC(C)CCC. The van der Waals surface area contributed by atoms with Crippen LogP contribution in [-0.4, -0.2) is 51.8 Å². The summed E-state index contributed by atoms with van der Waals surface area (Å²) in [5.74, 6) is 2.30. The molecule has 5 rings (SSSR count). The van der Waals surface area contributed by atoms with Crippen LogP contribution in [0.1, 0.15) is 97.0 Å². The molecule has 4 heterocycles. The zero-order valence-corrected chi connectivity index (χ0v) is 26.4. The lowest BCUT2D eigenvalue weighted by Gasteiger charge is -2.27. The van der Waals surface area contributed by atoms with Gasteiger partial charge in [-0.3, -0.25) is 4.79 Å². The normalized spacial score (nSPS) is 13.6. The third-order valence-corrected chi connectivity index (χ3v) is 7.23. The summed E-state index contributed by atoms with van der Waals surface area (Å²) >= 11 is 0. The molecule has 4 aromatic rings. The molecule has 0 bridgehead atoms. The van der Waals surface area contributed by atoms with E-state index in [-0.39, 0.29) is 5.78 Å². The highest BCUT2D eigenvalue weighted by Gasteiger charge is 2.23. The van der Waals surface area contributed by atoms with E-state index < -0.39 is 0 Å². The van der Waals surface area contributed by atoms with Crippen molar-refractivity contribution in [3.8, 4) is 17.1 Å². The molecule has 0 radical (unpaired) electrons. The zero-order valence-electron chi connectivity index (χ0n) is 26.4. The second-order valence-corrected chi connectivity index (χ2v) is 10.5. The fourth-order valence-electron chi connectivity index (χ4n) is 4.90. The highest BCUT2D eigenvalue weighted by Crippen LogP contribution is 2.29. The maximum atomic E-state index is 12.2. The van der Waals surface area contributed by atoms with E-state index in [1.165, 1.54) is 38.5 Å². The highest BCUT2D eigenvalue weighted by atomic mass is 16.5. The number of unbranched alkanes of at least 4 members (excludes halogenated alkanes) is 2. The first-order chi connectivity index (χ1) is 20.5. The molecule has 228 valence electrons. The van der Waals surface area contributed by atoms with E-state index in [9.17, 15) is 4.79 Å². The minimum atomic E-state index is -0.0621. The summed E-state index contributed by atoms with van der Waals surface area (Å²) in [6.45, 7) is 15.3. The zero-order chi connectivity index (χ0) is 30.3. The van der Waals surface area contributed by atoms with Crippen molar-refractivity contribution in [3.63, 3.8) is 0 Å². The van der Waals surface area contributed by atoms with Crippen LogP contribution in [0.5, 0.6) is 0 Å². The third kappa shape index (κ3) is 8.99. The molecule has 3 aromatic heterocycles. The second-order valence-electron chi connectivity index (χ2n) is 10.5. The number of Topliss-reactive ketones (excluding diaryl/α,β-unsaturated/α-hetero) is 1. The number of carbonyl (C=O) groups excluding carboxylic acids is 1. The van der Waals surface area contributed by atoms with Gasteiger partial charge in [-0.05, 0) is 11.5 Å². The molecule has 0 N–H and O–H groups in total. The molecule has 0 amide bonds. The van der Waals surface area contributed by atoms with Gasteiger partial charge < -0.3 is 14.1 Å². The molecule has 1 unspecified atom stereocenters. The van der Waals surface area contributed by atoms with Gasteiger partial charge in [-0.2, -0.15) is 10.1 Å². The van der Waals surface area contributed by atoms with Gasteiger partial charge in [-0.15, -0.1) is 0 Å². The predicted molar refractivity (Wildman–Crippen MR) is 172 cm³/mol. The number of nitrogens with zero attached hydrogens (tertiary/aromatic N) is 5. The Balaban J connectivity index is 0.000000345. The quantitative estimate of drug-likeness (QED) is 0.131. The first-order valence-corrected chi connectivity index (χ1v) is 15.8. The molecule has 8 nitrogen and oxygen atoms in total. The van der Waals surface area contributed by atoms with E-state index in [0.29, 0.717) is 61.4 Å². The number of benzene rings is 1. The van der Waals surface area contributed by atoms with Crippen LogP contribution < -0.4 is 4.90 Å². The lowest BCUT2D eigenvalue weighted by Crippen LogP contribution is -2.37. The van der Waals surface area contributed by atoms with Crippen LogP contribution in [-0.2, 0) is 4.74 Å². The van der Waals surface area contributed by atoms with Gasteiger partial charge in [0.15, 0.2) is 22.9 Å². The summed E-state index contributed by atoms with van der Waals surface area (Å²) < 4.78 is 13.0. The van der Waals surface area contributed by atoms with Gasteiger partial charge in [-0.25, -0.2) is 9.67 Å². The van der Waals surface area contributed by atoms with E-state index in [2.05, 4.69) is 35.8 Å². The Bertz CT molecular complexity index is 1340. The van der Waals surface area contributed by atoms with Crippen LogP contribution in [0.25, 0.3) is 28.2 Å². The monoisotopic (exact) mass is 575 g/mol. The Morgan fingerprint density at radius 2 is 1.69 bits per heavy atom. The van der Waals surface area contributed by atoms with Gasteiger partial charge in [0, 0.05) is 37.3 Å². The summed E-state index contributed by atoms with van der Waals surface area (Å²) in [5, 5.41) is 4.46. The van der Waals surface area contributed by atoms with E-state index in [1.807, 2.05) is 57.3 Å². The van der Waals surface area contributed by atoms with E-state index in [1.54, 1.807) is 16.9 Å². The first-order valence-electron chi connectivity index (χ1n) is 15.8. The van der Waals surface area contributed by atoms with Crippen LogP contribution in [0.3, 0.4) is 0 Å². The lowest BCUT2D eigenvalue weighted by atomic mass is 9.99. The van der Waals surface area contributed by atoms with E-state index in [4.69, 9.17) is 14.1 Å². The second kappa shape index (κ2) is 17.4. The standard InChI is InChI=1S/C22H21N5O3.C10H22.C2H6/c1-2-18(28)19-12-17-20(30-19)21(26-8-10-29-11-9-26)25-22(24-17)27-14-16(13-23-27)15-6-4-3-5-7-15;1-4-6-7-9-10(3)8-5-2;1-2/h3-7,12-14H,2,8-11H2,1H3;10H,4-9H2,1-3H3;1-2H3. The molecule has 0 aliphatic carbocycles. The molecule has 1 saturated heterocycles. The molecule has 0 saturated carbocycles. The number of morpholine rings is 1. The molecule has 1 aliphatic heterocycles. The van der Waals surface area contributed by atoms with E-state index in [0.717, 1.165) is 17.0 Å². The van der Waals surface area contributed by atoms with Gasteiger partial charge in [0.1, 0.15) is 5.52 Å². The lowest BCUT2D eigenvalue weighted by molar-refractivity contribution is 0.0963. The third-order valence-electron chi connectivity index (χ3n) is 7.23. The summed E-state index contributed by atoms with van der Waals surface area (Å²) in [6.07, 6.45) is 12.5. The van der Waals surface area contributed by atoms with Crippen molar-refractivity contribution in [3.05, 3.63) is 54.6 Å². The van der Waals surface area contributed by atoms with Crippen LogP contribution in [0.4, 0.5) is 5.82 Å². The number of furan rings is 1. The Morgan fingerprint density at radius 1 is 0.952 bits per heavy atom. The minimum absolute atomic E-state index is 0.0621. The number of ketones is 1. The minimum Gasteiger partial charge on any atom is -0.447 e. The molecular formula is C34H49N5O3. The fourth-order valence-corrected chi connectivity index (χ4v) is 4.90. The number of rotatable bonds is 11. The average molecular weight is 576 g/mol. The average Bonchev–Trinajstić information content (AvgIpc) is 3.71. The summed E-state index contributed by atoms with van der Waals surface area (Å²) in [5.41, 5.74) is 3.15. The predicted octanol–water partition coefficient (Wildman–Crippen LogP) is 8.53. The van der Waals surface area contributed by atoms with Crippen LogP contribution in [0.2, 0.25) is 0 Å². The van der Waals surface area contributed by atoms with Crippen molar-refractivity contribution in [1.82, 2.24) is 19.7 Å². The highest BCUT2D eigenvalue weighted by molar-refractivity contribution is 5.98. The molecule has 1 aromatic carbocycles. The number of aromatic nitrogens is 4. The molecule has 1 fully saturated rings. The maximum Gasteiger partial charge on any atom is 0.253 e. The Morgan fingerprint density at radius 3 is 2.36 bits per heavy atom. The Kier molecular flexibility index (Phi) is 13.7. The number of anilines is 1. The Hall–Kier alpha value is -3.52. The summed E-state index contributed by atoms with van der Waals surface area (Å²) in [6, 6.07) is 11.7. The number of fused-ring (bicyclic) bond motifs is 1. The molecule has 8 heteroatoms.